The Morgan fingerprint density at radius 1 is 1.14 bits per heavy atom. The zero-order valence-corrected chi connectivity index (χ0v) is 25.1. The molecule has 3 aromatic heterocycles. The number of nitrogens with one attached hydrogen (secondary N) is 1. The van der Waals surface area contributed by atoms with Crippen LogP contribution in [0.3, 0.4) is 0 Å². The van der Waals surface area contributed by atoms with Crippen molar-refractivity contribution < 1.29 is 41.8 Å². The number of hydrogen-bond acceptors (Lipinski definition) is 15. The molecule has 0 spiro atoms. The molecule has 42 heavy (non-hydrogen) atoms. The number of nitrogen functional groups attached to an aromatic ring is 1. The lowest BCUT2D eigenvalue weighted by molar-refractivity contribution is -0.0625. The van der Waals surface area contributed by atoms with Crippen LogP contribution < -0.4 is 17.0 Å². The number of hydrogen-bond donors (Lipinski definition) is 4. The SMILES string of the molecule is CO[C@@H]1[C@@H]2OP(O)(=S)OC[C@H]3O[C@@H](n4cnc5c(N)ncnc54)C[C@@H]3OP(=O)(S)OC[C@H]2O[C@H]1n1ccc(=O)[nH]c1=O. The molecule has 3 aliphatic rings. The Labute approximate surface area is 246 Å². The van der Waals surface area contributed by atoms with E-state index in [2.05, 4.69) is 32.2 Å². The summed E-state index contributed by atoms with van der Waals surface area (Å²) in [7, 11) is 1.32. The summed E-state index contributed by atoms with van der Waals surface area (Å²) >= 11 is 9.42. The molecule has 3 fully saturated rings. The Kier molecular flexibility index (Phi) is 8.18. The number of ether oxygens (including phenoxy) is 3. The van der Waals surface area contributed by atoms with E-state index in [4.69, 9.17) is 49.8 Å². The summed E-state index contributed by atoms with van der Waals surface area (Å²) in [6.45, 7) is -8.84. The van der Waals surface area contributed by atoms with Gasteiger partial charge < -0.3 is 29.4 Å². The fourth-order valence-corrected chi connectivity index (χ4v) is 7.97. The predicted molar refractivity (Wildman–Crippen MR) is 149 cm³/mol. The van der Waals surface area contributed by atoms with Gasteiger partial charge in [0.15, 0.2) is 17.7 Å². The zero-order valence-electron chi connectivity index (χ0n) is 21.6. The number of nitrogens with two attached hydrogens (primary N) is 1. The molecule has 18 nitrogen and oxygen atoms in total. The van der Waals surface area contributed by atoms with Crippen molar-refractivity contribution >= 4 is 54.6 Å². The molecule has 228 valence electrons. The molecule has 9 atom stereocenters. The molecule has 0 aromatic carbocycles. The second kappa shape index (κ2) is 11.5. The van der Waals surface area contributed by atoms with Crippen LogP contribution in [0.1, 0.15) is 18.9 Å². The number of aromatic nitrogens is 6. The standard InChI is InChI=1S/C20H25N7O11P2S2/c1-32-16-15-11(36-19(16)26-3-2-12(28)25-20(26)29)6-34-39(30,41)37-9-4-13(35-10(9)5-33-40(31,42)38-15)27-8-24-14-17(21)22-7-23-18(14)27/h2-3,7-11,13,15-16,19H,4-6H2,1H3,(H,30,41)(H,31,42)(H2,21,22,23)(H,25,28,29)/t9-,10+,11+,13+,15+,16+,19+,39?,40?/m0/s1. The van der Waals surface area contributed by atoms with Crippen molar-refractivity contribution in [2.75, 3.05) is 26.1 Å². The van der Waals surface area contributed by atoms with Gasteiger partial charge in [-0.25, -0.2) is 24.3 Å². The molecule has 3 aromatic rings. The molecule has 22 heteroatoms. The third kappa shape index (κ3) is 5.87. The molecular weight excluding hydrogens is 640 g/mol. The minimum absolute atomic E-state index is 0.137. The fraction of sp³-hybridized carbons (Fsp3) is 0.550. The van der Waals surface area contributed by atoms with Gasteiger partial charge in [-0.2, -0.15) is 0 Å². The number of nitrogens with zero attached hydrogens (tertiary/aromatic N) is 5. The van der Waals surface area contributed by atoms with E-state index in [1.807, 2.05) is 0 Å². The number of rotatable bonds is 3. The first-order valence-electron chi connectivity index (χ1n) is 12.3. The van der Waals surface area contributed by atoms with E-state index in [-0.39, 0.29) is 18.8 Å². The topological polar surface area (TPSA) is 226 Å². The van der Waals surface area contributed by atoms with Crippen molar-refractivity contribution in [2.24, 2.45) is 0 Å². The van der Waals surface area contributed by atoms with Crippen molar-refractivity contribution in [3.05, 3.63) is 45.8 Å². The van der Waals surface area contributed by atoms with Crippen molar-refractivity contribution in [2.45, 2.75) is 49.4 Å². The predicted octanol–water partition coefficient (Wildman–Crippen LogP) is 0.230. The van der Waals surface area contributed by atoms with E-state index in [1.165, 1.54) is 26.0 Å². The number of anilines is 1. The third-order valence-electron chi connectivity index (χ3n) is 6.89. The highest BCUT2D eigenvalue weighted by molar-refractivity contribution is 8.44. The van der Waals surface area contributed by atoms with Crippen LogP contribution in [0.25, 0.3) is 11.2 Å². The normalized spacial score (nSPS) is 37.5. The number of methoxy groups -OCH3 is 1. The Morgan fingerprint density at radius 2 is 1.93 bits per heavy atom. The summed E-state index contributed by atoms with van der Waals surface area (Å²) in [5.41, 5.74) is 5.27. The van der Waals surface area contributed by atoms with Crippen LogP contribution in [0, 0.1) is 0 Å². The molecule has 4 N–H and O–H groups in total. The number of H-pyrrole nitrogens is 1. The lowest BCUT2D eigenvalue weighted by Crippen LogP contribution is -2.40. The van der Waals surface area contributed by atoms with Gasteiger partial charge in [-0.1, -0.05) is 12.2 Å². The molecule has 0 aliphatic carbocycles. The number of aromatic amines is 1. The van der Waals surface area contributed by atoms with Gasteiger partial charge in [-0.3, -0.25) is 32.5 Å². The van der Waals surface area contributed by atoms with Crippen LogP contribution >= 0.6 is 25.8 Å². The van der Waals surface area contributed by atoms with Gasteiger partial charge in [-0.05, 0) is 11.8 Å². The van der Waals surface area contributed by atoms with Crippen LogP contribution in [0.4, 0.5) is 5.82 Å². The molecule has 6 rings (SSSR count). The van der Waals surface area contributed by atoms with Crippen molar-refractivity contribution in [3.63, 3.8) is 0 Å². The number of imidazole rings is 1. The molecule has 0 amide bonds. The van der Waals surface area contributed by atoms with Crippen LogP contribution in [-0.4, -0.2) is 84.8 Å². The van der Waals surface area contributed by atoms with E-state index in [0.29, 0.717) is 11.2 Å². The van der Waals surface area contributed by atoms with E-state index in [1.54, 1.807) is 4.57 Å². The monoisotopic (exact) mass is 665 g/mol. The van der Waals surface area contributed by atoms with Crippen LogP contribution in [0.15, 0.2) is 34.5 Å². The molecule has 0 radical (unpaired) electrons. The van der Waals surface area contributed by atoms with Crippen LogP contribution in [-0.2, 0) is 48.7 Å². The minimum Gasteiger partial charge on any atom is -0.382 e. The molecule has 3 saturated heterocycles. The Hall–Kier alpha value is -2.06. The van der Waals surface area contributed by atoms with Crippen LogP contribution in [0.2, 0.25) is 0 Å². The van der Waals surface area contributed by atoms with Crippen molar-refractivity contribution in [1.29, 1.82) is 0 Å². The van der Waals surface area contributed by atoms with Gasteiger partial charge >= 0.3 is 19.2 Å². The van der Waals surface area contributed by atoms with E-state index < -0.39 is 74.3 Å². The molecule has 2 unspecified atom stereocenters. The lowest BCUT2D eigenvalue weighted by atomic mass is 10.1. The summed E-state index contributed by atoms with van der Waals surface area (Å²) in [5.74, 6) is 0.184. The first-order chi connectivity index (χ1) is 19.9. The quantitative estimate of drug-likeness (QED) is 0.217. The Bertz CT molecular complexity index is 1700. The number of fused-ring (bicyclic) bond motifs is 3. The van der Waals surface area contributed by atoms with E-state index in [0.717, 1.165) is 10.6 Å². The minimum atomic E-state index is -4.07. The first kappa shape index (κ1) is 30.0. The largest absolute Gasteiger partial charge is 0.386 e. The third-order valence-corrected chi connectivity index (χ3v) is 10.1. The average molecular weight is 666 g/mol. The highest BCUT2D eigenvalue weighted by Gasteiger charge is 2.51. The number of thiol groups is 1. The summed E-state index contributed by atoms with van der Waals surface area (Å²) in [4.78, 5) is 49.6. The first-order valence-corrected chi connectivity index (χ1v) is 17.6. The second-order valence-electron chi connectivity index (χ2n) is 9.47. The fourth-order valence-electron chi connectivity index (χ4n) is 5.01. The molecule has 6 heterocycles. The summed E-state index contributed by atoms with van der Waals surface area (Å²) in [5, 5.41) is 0. The maximum absolute atomic E-state index is 13.4. The van der Waals surface area contributed by atoms with Gasteiger partial charge in [0, 0.05) is 25.8 Å². The Balaban J connectivity index is 1.27. The molecule has 0 bridgehead atoms. The van der Waals surface area contributed by atoms with E-state index in [9.17, 15) is 19.0 Å². The highest BCUT2D eigenvalue weighted by Crippen LogP contribution is 2.58. The summed E-state index contributed by atoms with van der Waals surface area (Å²) in [6.07, 6.45) is -2.87. The van der Waals surface area contributed by atoms with Gasteiger partial charge in [0.05, 0.1) is 19.5 Å². The molecule has 3 aliphatic heterocycles. The molecule has 0 saturated carbocycles. The van der Waals surface area contributed by atoms with Gasteiger partial charge in [0.25, 0.3) is 5.56 Å². The van der Waals surface area contributed by atoms with Crippen molar-refractivity contribution in [3.8, 4) is 0 Å². The maximum Gasteiger partial charge on any atom is 0.386 e. The lowest BCUT2D eigenvalue weighted by Gasteiger charge is -2.30. The van der Waals surface area contributed by atoms with Gasteiger partial charge in [0.1, 0.15) is 48.6 Å². The van der Waals surface area contributed by atoms with Gasteiger partial charge in [-0.15, -0.1) is 0 Å². The molecular formula is C20H25N7O11P2S2. The van der Waals surface area contributed by atoms with Crippen molar-refractivity contribution in [1.82, 2.24) is 29.1 Å². The zero-order chi connectivity index (χ0) is 29.8. The second-order valence-corrected chi connectivity index (χ2v) is 15.1. The van der Waals surface area contributed by atoms with Gasteiger partial charge in [0.2, 0.25) is 0 Å². The van der Waals surface area contributed by atoms with E-state index >= 15 is 0 Å². The summed E-state index contributed by atoms with van der Waals surface area (Å²) < 4.78 is 56.5. The average Bonchev–Trinajstić information content (AvgIpc) is 3.61. The van der Waals surface area contributed by atoms with Crippen LogP contribution in [0.5, 0.6) is 0 Å². The smallest absolute Gasteiger partial charge is 0.382 e. The maximum atomic E-state index is 13.4. The Morgan fingerprint density at radius 3 is 2.69 bits per heavy atom. The summed E-state index contributed by atoms with van der Waals surface area (Å²) in [6, 6.07) is 1.12. The highest BCUT2D eigenvalue weighted by atomic mass is 32.7.